The number of rotatable bonds is 3. The SMILES string of the molecule is Cc1ccc(C=Nc2ccc(C(C)C)cc2)s1. The summed E-state index contributed by atoms with van der Waals surface area (Å²) in [5.74, 6) is 0.577. The van der Waals surface area contributed by atoms with Crippen LogP contribution >= 0.6 is 11.3 Å². The maximum atomic E-state index is 4.48. The second-order valence-corrected chi connectivity index (χ2v) is 5.77. The monoisotopic (exact) mass is 243 g/mol. The molecule has 0 saturated heterocycles. The molecular weight excluding hydrogens is 226 g/mol. The lowest BCUT2D eigenvalue weighted by Gasteiger charge is -2.04. The van der Waals surface area contributed by atoms with E-state index in [0.29, 0.717) is 5.92 Å². The first kappa shape index (κ1) is 12.1. The minimum Gasteiger partial charge on any atom is -0.255 e. The molecule has 17 heavy (non-hydrogen) atoms. The highest BCUT2D eigenvalue weighted by Gasteiger charge is 1.98. The average molecular weight is 243 g/mol. The predicted molar refractivity (Wildman–Crippen MR) is 76.8 cm³/mol. The smallest absolute Gasteiger partial charge is 0.0630 e. The molecule has 0 aliphatic carbocycles. The highest BCUT2D eigenvalue weighted by molar-refractivity contribution is 7.13. The van der Waals surface area contributed by atoms with E-state index >= 15 is 0 Å². The largest absolute Gasteiger partial charge is 0.255 e. The molecule has 0 aliphatic heterocycles. The molecule has 1 aromatic heterocycles. The van der Waals surface area contributed by atoms with Gasteiger partial charge in [-0.3, -0.25) is 4.99 Å². The van der Waals surface area contributed by atoms with E-state index in [-0.39, 0.29) is 0 Å². The molecule has 2 heteroatoms. The van der Waals surface area contributed by atoms with Crippen molar-refractivity contribution in [3.05, 3.63) is 51.7 Å². The Morgan fingerprint density at radius 1 is 1.06 bits per heavy atom. The number of aliphatic imine (C=N–C) groups is 1. The van der Waals surface area contributed by atoms with Crippen LogP contribution in [-0.2, 0) is 0 Å². The van der Waals surface area contributed by atoms with Gasteiger partial charge in [0.25, 0.3) is 0 Å². The van der Waals surface area contributed by atoms with Gasteiger partial charge in [0.1, 0.15) is 0 Å². The van der Waals surface area contributed by atoms with Gasteiger partial charge in [-0.2, -0.15) is 0 Å². The second-order valence-electron chi connectivity index (χ2n) is 4.45. The van der Waals surface area contributed by atoms with Gasteiger partial charge in [0.05, 0.1) is 5.69 Å². The van der Waals surface area contributed by atoms with Crippen molar-refractivity contribution >= 4 is 23.2 Å². The normalized spacial score (nSPS) is 11.5. The highest BCUT2D eigenvalue weighted by Crippen LogP contribution is 2.19. The summed E-state index contributed by atoms with van der Waals surface area (Å²) in [4.78, 5) is 7.00. The third-order valence-corrected chi connectivity index (χ3v) is 3.60. The summed E-state index contributed by atoms with van der Waals surface area (Å²) in [6.07, 6.45) is 1.93. The molecule has 0 saturated carbocycles. The first-order valence-corrected chi connectivity index (χ1v) is 6.67. The molecule has 0 N–H and O–H groups in total. The summed E-state index contributed by atoms with van der Waals surface area (Å²) < 4.78 is 0. The van der Waals surface area contributed by atoms with Crippen molar-refractivity contribution in [1.82, 2.24) is 0 Å². The van der Waals surface area contributed by atoms with E-state index in [1.54, 1.807) is 11.3 Å². The van der Waals surface area contributed by atoms with Crippen LogP contribution in [0.1, 0.15) is 35.1 Å². The lowest BCUT2D eigenvalue weighted by molar-refractivity contribution is 0.867. The lowest BCUT2D eigenvalue weighted by Crippen LogP contribution is -1.84. The summed E-state index contributed by atoms with van der Waals surface area (Å²) in [5.41, 5.74) is 2.37. The van der Waals surface area contributed by atoms with Gasteiger partial charge in [0.15, 0.2) is 0 Å². The molecule has 0 radical (unpaired) electrons. The number of hydrogen-bond acceptors (Lipinski definition) is 2. The van der Waals surface area contributed by atoms with Crippen molar-refractivity contribution in [2.75, 3.05) is 0 Å². The molecule has 0 aliphatic rings. The van der Waals surface area contributed by atoms with Crippen LogP contribution in [0.5, 0.6) is 0 Å². The molecule has 0 unspecified atom stereocenters. The predicted octanol–water partition coefficient (Wildman–Crippen LogP) is 4.93. The maximum absolute atomic E-state index is 4.48. The van der Waals surface area contributed by atoms with Crippen molar-refractivity contribution in [3.8, 4) is 0 Å². The number of thiophene rings is 1. The summed E-state index contributed by atoms with van der Waals surface area (Å²) in [6.45, 7) is 6.51. The quantitative estimate of drug-likeness (QED) is 0.678. The van der Waals surface area contributed by atoms with Crippen LogP contribution in [0.25, 0.3) is 0 Å². The first-order chi connectivity index (χ1) is 8.15. The Morgan fingerprint density at radius 3 is 2.29 bits per heavy atom. The topological polar surface area (TPSA) is 12.4 Å². The highest BCUT2D eigenvalue weighted by atomic mass is 32.1. The molecule has 88 valence electrons. The van der Waals surface area contributed by atoms with Gasteiger partial charge in [0.2, 0.25) is 0 Å². The van der Waals surface area contributed by atoms with Crippen molar-refractivity contribution in [1.29, 1.82) is 0 Å². The zero-order valence-corrected chi connectivity index (χ0v) is 11.3. The van der Waals surface area contributed by atoms with E-state index < -0.39 is 0 Å². The minimum absolute atomic E-state index is 0.577. The van der Waals surface area contributed by atoms with Crippen LogP contribution < -0.4 is 0 Å². The lowest BCUT2D eigenvalue weighted by atomic mass is 10.0. The molecule has 1 nitrogen and oxygen atoms in total. The molecule has 2 rings (SSSR count). The van der Waals surface area contributed by atoms with Crippen LogP contribution in [0.15, 0.2) is 41.4 Å². The van der Waals surface area contributed by atoms with Crippen molar-refractivity contribution in [2.45, 2.75) is 26.7 Å². The summed E-state index contributed by atoms with van der Waals surface area (Å²) in [6, 6.07) is 12.7. The van der Waals surface area contributed by atoms with E-state index in [9.17, 15) is 0 Å². The Bertz CT molecular complexity index is 506. The fourth-order valence-corrected chi connectivity index (χ4v) is 2.36. The van der Waals surface area contributed by atoms with E-state index in [2.05, 4.69) is 62.2 Å². The van der Waals surface area contributed by atoms with Crippen molar-refractivity contribution in [2.24, 2.45) is 4.99 Å². The first-order valence-electron chi connectivity index (χ1n) is 5.85. The van der Waals surface area contributed by atoms with Gasteiger partial charge in [-0.25, -0.2) is 0 Å². The third kappa shape index (κ3) is 3.27. The van der Waals surface area contributed by atoms with E-state index in [1.165, 1.54) is 15.3 Å². The van der Waals surface area contributed by atoms with Gasteiger partial charge in [0, 0.05) is 16.0 Å². The molecule has 0 spiro atoms. The summed E-state index contributed by atoms with van der Waals surface area (Å²) >= 11 is 1.77. The van der Waals surface area contributed by atoms with Crippen LogP contribution in [0, 0.1) is 6.92 Å². The number of aryl methyl sites for hydroxylation is 1. The standard InChI is InChI=1S/C15H17NS/c1-11(2)13-5-7-14(8-6-13)16-10-15-9-4-12(3)17-15/h4-11H,1-3H3. The Kier molecular flexibility index (Phi) is 3.75. The Balaban J connectivity index is 2.11. The Morgan fingerprint density at radius 2 is 1.76 bits per heavy atom. The number of nitrogens with zero attached hydrogens (tertiary/aromatic N) is 1. The van der Waals surface area contributed by atoms with E-state index in [0.717, 1.165) is 5.69 Å². The number of hydrogen-bond donors (Lipinski definition) is 0. The summed E-state index contributed by atoms with van der Waals surface area (Å²) in [5, 5.41) is 0. The molecule has 0 fully saturated rings. The van der Waals surface area contributed by atoms with Crippen molar-refractivity contribution in [3.63, 3.8) is 0 Å². The number of benzene rings is 1. The van der Waals surface area contributed by atoms with Crippen LogP contribution in [0.4, 0.5) is 5.69 Å². The van der Waals surface area contributed by atoms with E-state index in [1.807, 2.05) is 6.21 Å². The average Bonchev–Trinajstić information content (AvgIpc) is 2.73. The minimum atomic E-state index is 0.577. The van der Waals surface area contributed by atoms with Crippen LogP contribution in [0.2, 0.25) is 0 Å². The fraction of sp³-hybridized carbons (Fsp3) is 0.267. The van der Waals surface area contributed by atoms with Crippen LogP contribution in [-0.4, -0.2) is 6.21 Å². The maximum Gasteiger partial charge on any atom is 0.0630 e. The van der Waals surface area contributed by atoms with E-state index in [4.69, 9.17) is 0 Å². The van der Waals surface area contributed by atoms with Gasteiger partial charge in [-0.15, -0.1) is 11.3 Å². The zero-order valence-electron chi connectivity index (χ0n) is 10.5. The zero-order chi connectivity index (χ0) is 12.3. The molecule has 2 aromatic rings. The van der Waals surface area contributed by atoms with Crippen molar-refractivity contribution < 1.29 is 0 Å². The van der Waals surface area contributed by atoms with Gasteiger partial charge < -0.3 is 0 Å². The van der Waals surface area contributed by atoms with Gasteiger partial charge >= 0.3 is 0 Å². The second kappa shape index (κ2) is 5.28. The third-order valence-electron chi connectivity index (χ3n) is 2.66. The van der Waals surface area contributed by atoms with Gasteiger partial charge in [-0.05, 0) is 42.7 Å². The molecule has 0 bridgehead atoms. The molecule has 1 aromatic carbocycles. The summed E-state index contributed by atoms with van der Waals surface area (Å²) in [7, 11) is 0. The van der Waals surface area contributed by atoms with Gasteiger partial charge in [-0.1, -0.05) is 26.0 Å². The molecule has 1 heterocycles. The molecular formula is C15H17NS. The Hall–Kier alpha value is -1.41. The fourth-order valence-electron chi connectivity index (χ4n) is 1.61. The molecule has 0 atom stereocenters. The molecule has 0 amide bonds. The van der Waals surface area contributed by atoms with Crippen LogP contribution in [0.3, 0.4) is 0 Å². The Labute approximate surface area is 107 Å².